The number of methoxy groups -OCH3 is 1. The maximum absolute atomic E-state index is 4.90. The van der Waals surface area contributed by atoms with Gasteiger partial charge in [0.15, 0.2) is 0 Å². The van der Waals surface area contributed by atoms with Gasteiger partial charge in [0.05, 0.1) is 27.7 Å². The summed E-state index contributed by atoms with van der Waals surface area (Å²) < 4.78 is 5.88. The highest BCUT2D eigenvalue weighted by Crippen LogP contribution is 1.87. The number of nitrogens with zero attached hydrogens (tertiary/aromatic N) is 1. The topological polar surface area (TPSA) is 9.23 Å². The van der Waals surface area contributed by atoms with E-state index in [2.05, 4.69) is 21.1 Å². The van der Waals surface area contributed by atoms with Crippen molar-refractivity contribution in [1.29, 1.82) is 0 Å². The van der Waals surface area contributed by atoms with Crippen molar-refractivity contribution < 1.29 is 33.2 Å². The second-order valence-corrected chi connectivity index (χ2v) is 3.01. The molecular weight excluding hydrogens is 229 g/mol. The number of halogens is 1. The van der Waals surface area contributed by atoms with Gasteiger partial charge in [-0.05, 0) is 0 Å². The van der Waals surface area contributed by atoms with Gasteiger partial charge in [-0.3, -0.25) is 0 Å². The van der Waals surface area contributed by atoms with E-state index < -0.39 is 0 Å². The van der Waals surface area contributed by atoms with Crippen molar-refractivity contribution in [1.82, 2.24) is 0 Å². The third-order valence-corrected chi connectivity index (χ3v) is 0.966. The van der Waals surface area contributed by atoms with Crippen molar-refractivity contribution in [2.75, 3.05) is 41.4 Å². The fourth-order valence-electron chi connectivity index (χ4n) is 0.365. The standard InChI is InChI=1S/C6H16NO.HI/c1-7(2,3)5-6-8-4;/h5-6H2,1-4H3;1H/q+1;/p-1. The molecule has 0 aromatic rings. The van der Waals surface area contributed by atoms with Gasteiger partial charge in [-0.1, -0.05) is 0 Å². The number of rotatable bonds is 3. The Kier molecular flexibility index (Phi) is 7.45. The van der Waals surface area contributed by atoms with Gasteiger partial charge in [-0.2, -0.15) is 0 Å². The summed E-state index contributed by atoms with van der Waals surface area (Å²) in [4.78, 5) is 0. The summed E-state index contributed by atoms with van der Waals surface area (Å²) in [5.41, 5.74) is 0. The lowest BCUT2D eigenvalue weighted by atomic mass is 10.5. The maximum Gasteiger partial charge on any atom is 0.102 e. The summed E-state index contributed by atoms with van der Waals surface area (Å²) in [6.45, 7) is 1.93. The molecule has 58 valence electrons. The molecule has 9 heavy (non-hydrogen) atoms. The Hall–Kier alpha value is 0.650. The van der Waals surface area contributed by atoms with Crippen LogP contribution in [0, 0.1) is 0 Å². The van der Waals surface area contributed by atoms with Crippen LogP contribution in [0.1, 0.15) is 0 Å². The molecule has 0 saturated heterocycles. The Morgan fingerprint density at radius 3 is 1.78 bits per heavy atom. The van der Waals surface area contributed by atoms with Crippen LogP contribution in [0.5, 0.6) is 0 Å². The molecule has 0 aliphatic carbocycles. The molecule has 0 rings (SSSR count). The molecule has 0 radical (unpaired) electrons. The Balaban J connectivity index is 0. The maximum atomic E-state index is 4.90. The molecule has 3 heteroatoms. The first-order chi connectivity index (χ1) is 3.56. The minimum absolute atomic E-state index is 0. The first kappa shape index (κ1) is 12.3. The number of ether oxygens (including phenoxy) is 1. The first-order valence-corrected chi connectivity index (χ1v) is 2.85. The monoisotopic (exact) mass is 245 g/mol. The SMILES string of the molecule is COCC[N+](C)(C)C.[I-]. The van der Waals surface area contributed by atoms with Crippen molar-refractivity contribution in [3.63, 3.8) is 0 Å². The molecule has 0 atom stereocenters. The Morgan fingerprint density at radius 1 is 1.22 bits per heavy atom. The van der Waals surface area contributed by atoms with Crippen LogP contribution in [-0.2, 0) is 4.74 Å². The Bertz CT molecular complexity index is 60.6. The van der Waals surface area contributed by atoms with E-state index in [0.717, 1.165) is 17.6 Å². The van der Waals surface area contributed by atoms with Crippen molar-refractivity contribution in [3.8, 4) is 0 Å². The van der Waals surface area contributed by atoms with Crippen molar-refractivity contribution in [3.05, 3.63) is 0 Å². The van der Waals surface area contributed by atoms with Gasteiger partial charge in [0, 0.05) is 7.11 Å². The predicted molar refractivity (Wildman–Crippen MR) is 34.8 cm³/mol. The smallest absolute Gasteiger partial charge is 0.102 e. The zero-order valence-electron chi connectivity index (χ0n) is 6.65. The molecule has 0 aromatic heterocycles. The lowest BCUT2D eigenvalue weighted by Gasteiger charge is -2.22. The van der Waals surface area contributed by atoms with Crippen LogP contribution in [0.4, 0.5) is 0 Å². The Labute approximate surface area is 74.8 Å². The number of quaternary nitrogens is 1. The van der Waals surface area contributed by atoms with Crippen LogP contribution >= 0.6 is 0 Å². The fraction of sp³-hybridized carbons (Fsp3) is 1.00. The summed E-state index contributed by atoms with van der Waals surface area (Å²) in [5.74, 6) is 0. The predicted octanol–water partition coefficient (Wildman–Crippen LogP) is -2.66. The van der Waals surface area contributed by atoms with E-state index in [1.807, 2.05) is 0 Å². The molecule has 0 aliphatic rings. The van der Waals surface area contributed by atoms with Gasteiger partial charge in [0.25, 0.3) is 0 Å². The summed E-state index contributed by atoms with van der Waals surface area (Å²) >= 11 is 0. The largest absolute Gasteiger partial charge is 1.00 e. The average molecular weight is 245 g/mol. The minimum atomic E-state index is 0. The molecule has 0 N–H and O–H groups in total. The minimum Gasteiger partial charge on any atom is -1.00 e. The third-order valence-electron chi connectivity index (χ3n) is 0.966. The molecule has 0 saturated carbocycles. The first-order valence-electron chi connectivity index (χ1n) is 2.85. The number of hydrogen-bond donors (Lipinski definition) is 0. The van der Waals surface area contributed by atoms with E-state index >= 15 is 0 Å². The van der Waals surface area contributed by atoms with E-state index in [-0.39, 0.29) is 24.0 Å². The van der Waals surface area contributed by atoms with Crippen molar-refractivity contribution in [2.45, 2.75) is 0 Å². The zero-order chi connectivity index (χ0) is 6.62. The van der Waals surface area contributed by atoms with Crippen LogP contribution in [0.15, 0.2) is 0 Å². The van der Waals surface area contributed by atoms with Crippen LogP contribution in [0.3, 0.4) is 0 Å². The van der Waals surface area contributed by atoms with Crippen LogP contribution in [0.25, 0.3) is 0 Å². The van der Waals surface area contributed by atoms with E-state index in [0.29, 0.717) is 0 Å². The molecular formula is C6H16INO. The molecule has 0 fully saturated rings. The molecule has 0 spiro atoms. The van der Waals surface area contributed by atoms with Gasteiger partial charge < -0.3 is 33.2 Å². The van der Waals surface area contributed by atoms with Crippen LogP contribution in [-0.4, -0.2) is 45.9 Å². The zero-order valence-corrected chi connectivity index (χ0v) is 8.81. The summed E-state index contributed by atoms with van der Waals surface area (Å²) in [6.07, 6.45) is 0. The third kappa shape index (κ3) is 12.0. The second kappa shape index (κ2) is 5.44. The van der Waals surface area contributed by atoms with Gasteiger partial charge in [-0.15, -0.1) is 0 Å². The summed E-state index contributed by atoms with van der Waals surface area (Å²) in [5, 5.41) is 0. The fourth-order valence-corrected chi connectivity index (χ4v) is 0.365. The molecule has 0 unspecified atom stereocenters. The van der Waals surface area contributed by atoms with E-state index in [1.165, 1.54) is 0 Å². The Morgan fingerprint density at radius 2 is 1.67 bits per heavy atom. The quantitative estimate of drug-likeness (QED) is 0.389. The van der Waals surface area contributed by atoms with E-state index in [1.54, 1.807) is 7.11 Å². The van der Waals surface area contributed by atoms with Crippen LogP contribution in [0.2, 0.25) is 0 Å². The summed E-state index contributed by atoms with van der Waals surface area (Å²) in [7, 11) is 8.19. The molecule has 0 aliphatic heterocycles. The van der Waals surface area contributed by atoms with Crippen molar-refractivity contribution in [2.24, 2.45) is 0 Å². The normalized spacial score (nSPS) is 10.7. The molecule has 0 bridgehead atoms. The highest BCUT2D eigenvalue weighted by molar-refractivity contribution is 4.22. The average Bonchev–Trinajstić information content (AvgIpc) is 1.59. The molecule has 0 heterocycles. The highest BCUT2D eigenvalue weighted by atomic mass is 127. The van der Waals surface area contributed by atoms with Gasteiger partial charge in [0.2, 0.25) is 0 Å². The molecule has 0 aromatic carbocycles. The van der Waals surface area contributed by atoms with Crippen molar-refractivity contribution >= 4 is 0 Å². The highest BCUT2D eigenvalue weighted by Gasteiger charge is 2.03. The lowest BCUT2D eigenvalue weighted by Crippen LogP contribution is -3.00. The number of likely N-dealkylation sites (N-methyl/N-ethyl adjacent to an activating group) is 1. The lowest BCUT2D eigenvalue weighted by molar-refractivity contribution is -0.870. The number of hydrogen-bond acceptors (Lipinski definition) is 1. The van der Waals surface area contributed by atoms with E-state index in [4.69, 9.17) is 4.74 Å². The molecule has 0 amide bonds. The van der Waals surface area contributed by atoms with E-state index in [9.17, 15) is 0 Å². The van der Waals surface area contributed by atoms with Crippen LogP contribution < -0.4 is 24.0 Å². The van der Waals surface area contributed by atoms with Gasteiger partial charge in [0.1, 0.15) is 6.54 Å². The second-order valence-electron chi connectivity index (χ2n) is 3.01. The summed E-state index contributed by atoms with van der Waals surface area (Å²) in [6, 6.07) is 0. The van der Waals surface area contributed by atoms with Gasteiger partial charge >= 0.3 is 0 Å². The molecule has 2 nitrogen and oxygen atoms in total. The van der Waals surface area contributed by atoms with Gasteiger partial charge in [-0.25, -0.2) is 0 Å².